The molecule has 29 heavy (non-hydrogen) atoms. The minimum atomic E-state index is -3.45. The highest BCUT2D eigenvalue weighted by Gasteiger charge is 2.30. The molecule has 1 aliphatic heterocycles. The van der Waals surface area contributed by atoms with Crippen LogP contribution in [-0.2, 0) is 15.0 Å². The molecule has 0 radical (unpaired) electrons. The molecule has 156 valence electrons. The zero-order valence-corrected chi connectivity index (χ0v) is 17.3. The number of carbonyl (C=O) groups excluding carboxylic acids is 1. The number of benzene rings is 2. The van der Waals surface area contributed by atoms with E-state index in [0.29, 0.717) is 24.6 Å². The van der Waals surface area contributed by atoms with E-state index in [2.05, 4.69) is 0 Å². The van der Waals surface area contributed by atoms with Crippen LogP contribution in [0, 0.1) is 0 Å². The van der Waals surface area contributed by atoms with Gasteiger partial charge in [0, 0.05) is 40.3 Å². The summed E-state index contributed by atoms with van der Waals surface area (Å²) in [5, 5.41) is 0. The van der Waals surface area contributed by atoms with Crippen LogP contribution in [0.2, 0.25) is 0 Å². The summed E-state index contributed by atoms with van der Waals surface area (Å²) < 4.78 is 38.1. The van der Waals surface area contributed by atoms with Crippen LogP contribution >= 0.6 is 0 Å². The van der Waals surface area contributed by atoms with E-state index in [0.717, 1.165) is 5.75 Å². The van der Waals surface area contributed by atoms with Gasteiger partial charge in [0.1, 0.15) is 17.2 Å². The predicted molar refractivity (Wildman–Crippen MR) is 109 cm³/mol. The van der Waals surface area contributed by atoms with Crippen LogP contribution in [0.1, 0.15) is 0 Å². The van der Waals surface area contributed by atoms with E-state index in [-0.39, 0.29) is 25.6 Å². The second kappa shape index (κ2) is 9.25. The molecule has 1 saturated heterocycles. The molecule has 0 atom stereocenters. The van der Waals surface area contributed by atoms with Crippen molar-refractivity contribution in [1.82, 2.24) is 13.5 Å². The van der Waals surface area contributed by atoms with E-state index in [9.17, 15) is 13.2 Å². The molecule has 0 bridgehead atoms. The monoisotopic (exact) mass is 419 g/mol. The Morgan fingerprint density at radius 1 is 0.897 bits per heavy atom. The van der Waals surface area contributed by atoms with E-state index >= 15 is 0 Å². The lowest BCUT2D eigenvalue weighted by atomic mass is 10.3. The Morgan fingerprint density at radius 2 is 1.45 bits per heavy atom. The summed E-state index contributed by atoms with van der Waals surface area (Å²) in [5.74, 6) is 1.81. The predicted octanol–water partition coefficient (Wildman–Crippen LogP) is 1.81. The lowest BCUT2D eigenvalue weighted by Gasteiger charge is -2.35. The number of para-hydroxylation sites is 1. The fourth-order valence-electron chi connectivity index (χ4n) is 2.86. The normalized spacial score (nSPS) is 15.3. The van der Waals surface area contributed by atoms with Crippen molar-refractivity contribution in [2.75, 3.05) is 46.9 Å². The van der Waals surface area contributed by atoms with Gasteiger partial charge >= 0.3 is 0 Å². The minimum absolute atomic E-state index is 0.0979. The number of hydrogen-bond acceptors (Lipinski definition) is 5. The first-order valence-electron chi connectivity index (χ1n) is 9.27. The Balaban J connectivity index is 1.46. The first-order chi connectivity index (χ1) is 13.9. The quantitative estimate of drug-likeness (QED) is 0.684. The van der Waals surface area contributed by atoms with Gasteiger partial charge in [0.05, 0.1) is 0 Å². The van der Waals surface area contributed by atoms with Crippen LogP contribution in [0.3, 0.4) is 0 Å². The summed E-state index contributed by atoms with van der Waals surface area (Å²) >= 11 is 0. The average Bonchev–Trinajstić information content (AvgIpc) is 2.74. The fraction of sp³-hybridized carbons (Fsp3) is 0.350. The van der Waals surface area contributed by atoms with Crippen LogP contribution < -0.4 is 9.47 Å². The molecule has 1 heterocycles. The molecule has 1 aliphatic rings. The third kappa shape index (κ3) is 5.47. The summed E-state index contributed by atoms with van der Waals surface area (Å²) in [4.78, 5) is 14.0. The molecule has 3 rings (SSSR count). The summed E-state index contributed by atoms with van der Waals surface area (Å²) in [7, 11) is -0.452. The summed E-state index contributed by atoms with van der Waals surface area (Å²) in [6, 6.07) is 16.5. The van der Waals surface area contributed by atoms with Gasteiger partial charge in [-0.3, -0.25) is 4.79 Å². The van der Waals surface area contributed by atoms with Crippen LogP contribution in [0.4, 0.5) is 0 Å². The number of hydrogen-bond donors (Lipinski definition) is 0. The summed E-state index contributed by atoms with van der Waals surface area (Å²) in [6.07, 6.45) is 0. The van der Waals surface area contributed by atoms with Gasteiger partial charge in [-0.25, -0.2) is 0 Å². The molecular weight excluding hydrogens is 394 g/mol. The van der Waals surface area contributed by atoms with E-state index in [1.165, 1.54) is 22.7 Å². The Bertz CT molecular complexity index is 909. The van der Waals surface area contributed by atoms with Crippen LogP contribution in [0.25, 0.3) is 0 Å². The highest BCUT2D eigenvalue weighted by atomic mass is 32.2. The molecule has 0 spiro atoms. The number of nitrogens with zero attached hydrogens (tertiary/aromatic N) is 3. The van der Waals surface area contributed by atoms with Gasteiger partial charge in [-0.1, -0.05) is 18.2 Å². The maximum absolute atomic E-state index is 12.4. The van der Waals surface area contributed by atoms with Crippen LogP contribution in [0.15, 0.2) is 54.6 Å². The zero-order chi connectivity index (χ0) is 20.9. The SMILES string of the molecule is CN(C)S(=O)(=O)N1CCN(C(=O)COc2ccc(Oc3ccccc3)cc2)CC1. The number of ether oxygens (including phenoxy) is 2. The maximum atomic E-state index is 12.4. The van der Waals surface area contributed by atoms with Gasteiger partial charge in [-0.05, 0) is 36.4 Å². The van der Waals surface area contributed by atoms with E-state index in [4.69, 9.17) is 9.47 Å². The molecule has 0 N–H and O–H groups in total. The van der Waals surface area contributed by atoms with Crippen molar-refractivity contribution in [2.45, 2.75) is 0 Å². The van der Waals surface area contributed by atoms with E-state index in [1.54, 1.807) is 29.2 Å². The van der Waals surface area contributed by atoms with Gasteiger partial charge in [-0.2, -0.15) is 17.0 Å². The number of piperazine rings is 1. The Kier molecular flexibility index (Phi) is 6.73. The van der Waals surface area contributed by atoms with Gasteiger partial charge in [0.2, 0.25) is 0 Å². The lowest BCUT2D eigenvalue weighted by Crippen LogP contribution is -2.53. The first kappa shape index (κ1) is 21.1. The highest BCUT2D eigenvalue weighted by Crippen LogP contribution is 2.23. The zero-order valence-electron chi connectivity index (χ0n) is 16.5. The molecule has 9 heteroatoms. The number of carbonyl (C=O) groups is 1. The molecule has 1 fully saturated rings. The topological polar surface area (TPSA) is 79.4 Å². The van der Waals surface area contributed by atoms with Crippen molar-refractivity contribution in [1.29, 1.82) is 0 Å². The second-order valence-electron chi connectivity index (χ2n) is 6.75. The Labute approximate surface area is 171 Å². The average molecular weight is 420 g/mol. The molecule has 2 aromatic rings. The summed E-state index contributed by atoms with van der Waals surface area (Å²) in [6.45, 7) is 1.15. The first-order valence-corrected chi connectivity index (χ1v) is 10.7. The highest BCUT2D eigenvalue weighted by molar-refractivity contribution is 7.86. The number of amides is 1. The van der Waals surface area contributed by atoms with Gasteiger partial charge in [0.15, 0.2) is 6.61 Å². The minimum Gasteiger partial charge on any atom is -0.484 e. The van der Waals surface area contributed by atoms with Crippen LogP contribution in [0.5, 0.6) is 17.2 Å². The van der Waals surface area contributed by atoms with Gasteiger partial charge < -0.3 is 14.4 Å². The molecule has 1 amide bonds. The smallest absolute Gasteiger partial charge is 0.281 e. The maximum Gasteiger partial charge on any atom is 0.281 e. The van der Waals surface area contributed by atoms with Crippen molar-refractivity contribution in [2.24, 2.45) is 0 Å². The van der Waals surface area contributed by atoms with Gasteiger partial charge in [-0.15, -0.1) is 0 Å². The number of rotatable bonds is 7. The van der Waals surface area contributed by atoms with Gasteiger partial charge in [0.25, 0.3) is 16.1 Å². The molecule has 8 nitrogen and oxygen atoms in total. The molecule has 0 aliphatic carbocycles. The van der Waals surface area contributed by atoms with Crippen LogP contribution in [-0.4, -0.2) is 74.7 Å². The van der Waals surface area contributed by atoms with Crippen molar-refractivity contribution in [3.8, 4) is 17.2 Å². The lowest BCUT2D eigenvalue weighted by molar-refractivity contribution is -0.134. The summed E-state index contributed by atoms with van der Waals surface area (Å²) in [5.41, 5.74) is 0. The van der Waals surface area contributed by atoms with Crippen molar-refractivity contribution < 1.29 is 22.7 Å². The standard InChI is InChI=1S/C20H25N3O5S/c1-21(2)29(25,26)23-14-12-22(13-15-23)20(24)16-27-17-8-10-19(11-9-17)28-18-6-4-3-5-7-18/h3-11H,12-16H2,1-2H3. The Morgan fingerprint density at radius 3 is 2.03 bits per heavy atom. The molecular formula is C20H25N3O5S. The molecule has 0 unspecified atom stereocenters. The molecule has 2 aromatic carbocycles. The second-order valence-corrected chi connectivity index (χ2v) is 8.89. The molecule has 0 saturated carbocycles. The third-order valence-electron chi connectivity index (χ3n) is 4.54. The Hall–Kier alpha value is -2.62. The fourth-order valence-corrected chi connectivity index (χ4v) is 3.95. The van der Waals surface area contributed by atoms with E-state index in [1.807, 2.05) is 30.3 Å². The van der Waals surface area contributed by atoms with Crippen molar-refractivity contribution in [3.63, 3.8) is 0 Å². The van der Waals surface area contributed by atoms with Crippen molar-refractivity contribution >= 4 is 16.1 Å². The van der Waals surface area contributed by atoms with Crippen molar-refractivity contribution in [3.05, 3.63) is 54.6 Å². The van der Waals surface area contributed by atoms with E-state index < -0.39 is 10.2 Å². The largest absolute Gasteiger partial charge is 0.484 e. The third-order valence-corrected chi connectivity index (χ3v) is 6.48. The molecule has 0 aromatic heterocycles.